The van der Waals surface area contributed by atoms with E-state index in [1.807, 2.05) is 18.2 Å². The molecule has 0 bridgehead atoms. The van der Waals surface area contributed by atoms with Gasteiger partial charge in [-0.1, -0.05) is 11.8 Å². The van der Waals surface area contributed by atoms with Crippen molar-refractivity contribution in [2.24, 2.45) is 5.73 Å². The molecule has 4 heterocycles. The third-order valence-corrected chi connectivity index (χ3v) is 8.04. The Kier molecular flexibility index (Phi) is 7.55. The number of rotatable bonds is 7. The molecule has 1 amide bonds. The Bertz CT molecular complexity index is 1520. The molecule has 9 nitrogen and oxygen atoms in total. The van der Waals surface area contributed by atoms with Crippen molar-refractivity contribution < 1.29 is 18.3 Å². The average molecular weight is 566 g/mol. The van der Waals surface area contributed by atoms with E-state index in [9.17, 15) is 13.6 Å². The number of hydrogen-bond donors (Lipinski definition) is 4. The maximum atomic E-state index is 13.7. The molecule has 4 aromatic rings. The smallest absolute Gasteiger partial charge is 0.258 e. The Balaban J connectivity index is 1.26. The highest BCUT2D eigenvalue weighted by atomic mass is 32.2. The Labute approximate surface area is 233 Å². The molecule has 0 radical (unpaired) electrons. The van der Waals surface area contributed by atoms with Crippen LogP contribution in [0, 0.1) is 11.6 Å². The summed E-state index contributed by atoms with van der Waals surface area (Å²) in [6.45, 7) is 3.00. The van der Waals surface area contributed by atoms with Crippen molar-refractivity contribution in [2.75, 3.05) is 41.8 Å². The number of aromatic nitrogens is 3. The van der Waals surface area contributed by atoms with Crippen LogP contribution in [0.4, 0.5) is 26.0 Å². The van der Waals surface area contributed by atoms with Gasteiger partial charge in [-0.05, 0) is 55.7 Å². The summed E-state index contributed by atoms with van der Waals surface area (Å²) in [7, 11) is 0. The van der Waals surface area contributed by atoms with Crippen molar-refractivity contribution in [2.45, 2.75) is 41.1 Å². The second kappa shape index (κ2) is 11.4. The SMILES string of the molecule is N[C@H]1CCN(c2ccc(C(=O)Nc3[nH]nc4ncc(Sc5cc(F)cc(F)c5)cc34)c(NC3CCOCC3)c2)C1. The van der Waals surface area contributed by atoms with Gasteiger partial charge in [-0.25, -0.2) is 13.8 Å². The molecule has 2 saturated heterocycles. The van der Waals surface area contributed by atoms with Crippen LogP contribution in [0.15, 0.2) is 58.5 Å². The molecule has 6 rings (SSSR count). The van der Waals surface area contributed by atoms with Crippen LogP contribution in [0.25, 0.3) is 11.0 Å². The van der Waals surface area contributed by atoms with Crippen molar-refractivity contribution in [3.8, 4) is 0 Å². The molecule has 0 saturated carbocycles. The first kappa shape index (κ1) is 26.5. The fraction of sp³-hybridized carbons (Fsp3) is 0.321. The molecule has 208 valence electrons. The number of H-pyrrole nitrogens is 1. The van der Waals surface area contributed by atoms with Crippen molar-refractivity contribution >= 4 is 45.9 Å². The Morgan fingerprint density at radius 3 is 2.62 bits per heavy atom. The highest BCUT2D eigenvalue weighted by Gasteiger charge is 2.23. The number of nitrogens with zero attached hydrogens (tertiary/aromatic N) is 3. The van der Waals surface area contributed by atoms with Crippen molar-refractivity contribution in [3.63, 3.8) is 0 Å². The zero-order chi connectivity index (χ0) is 27.6. The number of benzene rings is 2. The van der Waals surface area contributed by atoms with E-state index < -0.39 is 11.6 Å². The number of carbonyl (C=O) groups is 1. The van der Waals surface area contributed by atoms with Crippen LogP contribution in [-0.4, -0.2) is 59.5 Å². The second-order valence-corrected chi connectivity index (χ2v) is 11.2. The van der Waals surface area contributed by atoms with E-state index in [2.05, 4.69) is 30.7 Å². The number of pyridine rings is 1. The van der Waals surface area contributed by atoms with Crippen LogP contribution in [-0.2, 0) is 4.74 Å². The predicted molar refractivity (Wildman–Crippen MR) is 151 cm³/mol. The van der Waals surface area contributed by atoms with Crippen LogP contribution in [0.3, 0.4) is 0 Å². The second-order valence-electron chi connectivity index (χ2n) is 10.1. The molecule has 0 spiro atoms. The molecule has 0 unspecified atom stereocenters. The number of ether oxygens (including phenoxy) is 1. The lowest BCUT2D eigenvalue weighted by Crippen LogP contribution is -2.30. The minimum atomic E-state index is -0.656. The Morgan fingerprint density at radius 1 is 1.07 bits per heavy atom. The predicted octanol–water partition coefficient (Wildman–Crippen LogP) is 4.77. The number of hydrogen-bond acceptors (Lipinski definition) is 8. The highest BCUT2D eigenvalue weighted by Crippen LogP contribution is 2.33. The number of fused-ring (bicyclic) bond motifs is 1. The Morgan fingerprint density at radius 2 is 1.88 bits per heavy atom. The molecule has 2 aromatic carbocycles. The Hall–Kier alpha value is -3.74. The van der Waals surface area contributed by atoms with Crippen LogP contribution >= 0.6 is 11.8 Å². The monoisotopic (exact) mass is 565 g/mol. The number of halogens is 2. The topological polar surface area (TPSA) is 121 Å². The zero-order valence-corrected chi connectivity index (χ0v) is 22.4. The standard InChI is InChI=1S/C28H29F2N7O2S/c29-16-9-17(30)11-21(10-16)40-22-13-24-26(32-14-22)35-36-27(24)34-28(38)23-2-1-20(37-6-3-18(31)15-37)12-25(23)33-19-4-7-39-8-5-19/h1-2,9-14,18-19,33H,3-8,15,31H2,(H2,32,34,35,36,38)/t18-/m0/s1. The first-order valence-corrected chi connectivity index (χ1v) is 14.0. The number of amides is 1. The van der Waals surface area contributed by atoms with Crippen LogP contribution in [0.5, 0.6) is 0 Å². The molecule has 5 N–H and O–H groups in total. The first-order chi connectivity index (χ1) is 19.4. The first-order valence-electron chi connectivity index (χ1n) is 13.2. The summed E-state index contributed by atoms with van der Waals surface area (Å²) in [6, 6.07) is 11.2. The average Bonchev–Trinajstić information content (AvgIpc) is 3.54. The lowest BCUT2D eigenvalue weighted by Gasteiger charge is -2.27. The van der Waals surface area contributed by atoms with Crippen LogP contribution in [0.2, 0.25) is 0 Å². The van der Waals surface area contributed by atoms with Crippen molar-refractivity contribution in [1.82, 2.24) is 15.2 Å². The van der Waals surface area contributed by atoms with E-state index >= 15 is 0 Å². The van der Waals surface area contributed by atoms with Gasteiger partial charge in [0.05, 0.1) is 10.9 Å². The summed E-state index contributed by atoms with van der Waals surface area (Å²) >= 11 is 1.16. The van der Waals surface area contributed by atoms with E-state index in [1.54, 1.807) is 12.3 Å². The molecule has 1 atom stereocenters. The fourth-order valence-corrected chi connectivity index (χ4v) is 5.96. The lowest BCUT2D eigenvalue weighted by atomic mass is 10.1. The summed E-state index contributed by atoms with van der Waals surface area (Å²) in [5.41, 5.74) is 8.80. The molecular weight excluding hydrogens is 536 g/mol. The quantitative estimate of drug-likeness (QED) is 0.253. The van der Waals surface area contributed by atoms with E-state index in [4.69, 9.17) is 10.5 Å². The van der Waals surface area contributed by atoms with E-state index in [-0.39, 0.29) is 18.0 Å². The maximum Gasteiger partial charge on any atom is 0.258 e. The van der Waals surface area contributed by atoms with Gasteiger partial charge in [0.15, 0.2) is 5.65 Å². The molecule has 12 heteroatoms. The van der Waals surface area contributed by atoms with Gasteiger partial charge in [0, 0.05) is 71.8 Å². The van der Waals surface area contributed by atoms with Gasteiger partial charge in [-0.2, -0.15) is 5.10 Å². The number of nitrogens with one attached hydrogen (secondary N) is 3. The third kappa shape index (κ3) is 5.88. The normalized spacial score (nSPS) is 17.9. The van der Waals surface area contributed by atoms with E-state index in [0.29, 0.717) is 45.4 Å². The van der Waals surface area contributed by atoms with Gasteiger partial charge in [0.2, 0.25) is 0 Å². The fourth-order valence-electron chi connectivity index (χ4n) is 5.07. The van der Waals surface area contributed by atoms with E-state index in [1.165, 1.54) is 12.1 Å². The zero-order valence-electron chi connectivity index (χ0n) is 21.6. The summed E-state index contributed by atoms with van der Waals surface area (Å²) in [4.78, 5) is 21.2. The van der Waals surface area contributed by atoms with Crippen molar-refractivity contribution in [1.29, 1.82) is 0 Å². The minimum absolute atomic E-state index is 0.139. The van der Waals surface area contributed by atoms with E-state index in [0.717, 1.165) is 61.6 Å². The van der Waals surface area contributed by atoms with Gasteiger partial charge in [0.25, 0.3) is 5.91 Å². The summed E-state index contributed by atoms with van der Waals surface area (Å²) in [6.07, 6.45) is 4.21. The number of aromatic amines is 1. The number of carbonyl (C=O) groups excluding carboxylic acids is 1. The van der Waals surface area contributed by atoms with Gasteiger partial charge >= 0.3 is 0 Å². The van der Waals surface area contributed by atoms with Crippen LogP contribution < -0.4 is 21.3 Å². The van der Waals surface area contributed by atoms with Gasteiger partial charge < -0.3 is 26.0 Å². The van der Waals surface area contributed by atoms with Gasteiger partial charge in [-0.15, -0.1) is 0 Å². The van der Waals surface area contributed by atoms with Gasteiger partial charge in [0.1, 0.15) is 17.5 Å². The molecule has 40 heavy (non-hydrogen) atoms. The molecule has 0 aliphatic carbocycles. The molecule has 2 aliphatic heterocycles. The summed E-state index contributed by atoms with van der Waals surface area (Å²) in [5, 5.41) is 14.1. The minimum Gasteiger partial charge on any atom is -0.381 e. The number of nitrogens with two attached hydrogens (primary N) is 1. The molecular formula is C28H29F2N7O2S. The van der Waals surface area contributed by atoms with Gasteiger partial charge in [-0.3, -0.25) is 9.89 Å². The third-order valence-electron chi connectivity index (χ3n) is 7.11. The molecule has 2 fully saturated rings. The molecule has 2 aromatic heterocycles. The highest BCUT2D eigenvalue weighted by molar-refractivity contribution is 7.99. The number of anilines is 3. The largest absolute Gasteiger partial charge is 0.381 e. The van der Waals surface area contributed by atoms with Crippen LogP contribution in [0.1, 0.15) is 29.6 Å². The summed E-state index contributed by atoms with van der Waals surface area (Å²) < 4.78 is 32.8. The maximum absolute atomic E-state index is 13.7. The summed E-state index contributed by atoms with van der Waals surface area (Å²) in [5.74, 6) is -1.24. The van der Waals surface area contributed by atoms with Crippen molar-refractivity contribution in [3.05, 3.63) is 65.9 Å². The molecule has 2 aliphatic rings. The lowest BCUT2D eigenvalue weighted by molar-refractivity contribution is 0.0904.